The summed E-state index contributed by atoms with van der Waals surface area (Å²) in [6.07, 6.45) is 0. The number of primary amides is 1. The minimum Gasteiger partial charge on any atom is -0.383 e. The van der Waals surface area contributed by atoms with Gasteiger partial charge in [-0.05, 0) is 29.8 Å². The number of hydrogen-bond acceptors (Lipinski definition) is 6. The third-order valence-electron chi connectivity index (χ3n) is 4.04. The molecular formula is C19H22N4O5. The van der Waals surface area contributed by atoms with E-state index in [0.717, 1.165) is 5.56 Å². The van der Waals surface area contributed by atoms with Crippen LogP contribution in [-0.4, -0.2) is 48.9 Å². The second kappa shape index (κ2) is 9.47. The van der Waals surface area contributed by atoms with Gasteiger partial charge in [-0.1, -0.05) is 12.1 Å². The molecule has 9 nitrogen and oxygen atoms in total. The topological polar surface area (TPSA) is 128 Å². The van der Waals surface area contributed by atoms with E-state index in [1.54, 1.807) is 31.3 Å². The summed E-state index contributed by atoms with van der Waals surface area (Å²) in [7, 11) is 3.11. The quantitative estimate of drug-likeness (QED) is 0.385. The molecule has 0 aliphatic carbocycles. The monoisotopic (exact) mass is 386 g/mol. The molecule has 2 rings (SSSR count). The number of ether oxygens (including phenoxy) is 1. The van der Waals surface area contributed by atoms with Crippen LogP contribution in [0.15, 0.2) is 42.5 Å². The summed E-state index contributed by atoms with van der Waals surface area (Å²) in [6, 6.07) is 10.9. The molecule has 0 unspecified atom stereocenters. The van der Waals surface area contributed by atoms with E-state index in [-0.39, 0.29) is 23.7 Å². The van der Waals surface area contributed by atoms with Crippen LogP contribution in [0.5, 0.6) is 0 Å². The van der Waals surface area contributed by atoms with Crippen molar-refractivity contribution < 1.29 is 19.2 Å². The third kappa shape index (κ3) is 5.27. The number of benzene rings is 2. The smallest absolute Gasteiger partial charge is 0.293 e. The molecule has 0 atom stereocenters. The van der Waals surface area contributed by atoms with Crippen LogP contribution in [0.1, 0.15) is 26.3 Å². The van der Waals surface area contributed by atoms with Gasteiger partial charge in [-0.15, -0.1) is 0 Å². The maximum atomic E-state index is 12.7. The van der Waals surface area contributed by atoms with Crippen LogP contribution in [-0.2, 0) is 11.3 Å². The predicted octanol–water partition coefficient (Wildman–Crippen LogP) is 2.02. The van der Waals surface area contributed by atoms with Crippen molar-refractivity contribution >= 4 is 23.2 Å². The zero-order valence-electron chi connectivity index (χ0n) is 15.7. The molecule has 0 fully saturated rings. The lowest BCUT2D eigenvalue weighted by atomic mass is 10.1. The van der Waals surface area contributed by atoms with Crippen LogP contribution < -0.4 is 11.1 Å². The molecule has 0 aromatic heterocycles. The number of hydrogen-bond donors (Lipinski definition) is 2. The molecule has 0 radical (unpaired) electrons. The number of anilines is 1. The molecule has 0 aliphatic rings. The van der Waals surface area contributed by atoms with Crippen molar-refractivity contribution in [1.82, 2.24) is 4.90 Å². The average Bonchev–Trinajstić information content (AvgIpc) is 2.67. The SMILES string of the molecule is COCCNc1ccc(C(=O)N(C)Cc2cccc(C(N)=O)c2)cc1[N+](=O)[O-]. The molecule has 0 saturated heterocycles. The van der Waals surface area contributed by atoms with Crippen molar-refractivity contribution in [2.45, 2.75) is 6.54 Å². The Morgan fingerprint density at radius 2 is 1.96 bits per heavy atom. The first-order valence-corrected chi connectivity index (χ1v) is 8.49. The molecule has 0 saturated carbocycles. The molecule has 0 aliphatic heterocycles. The van der Waals surface area contributed by atoms with E-state index < -0.39 is 10.8 Å². The summed E-state index contributed by atoms with van der Waals surface area (Å²) in [5.41, 5.74) is 6.66. The summed E-state index contributed by atoms with van der Waals surface area (Å²) in [5.74, 6) is -0.931. The second-order valence-corrected chi connectivity index (χ2v) is 6.13. The zero-order chi connectivity index (χ0) is 20.7. The van der Waals surface area contributed by atoms with Gasteiger partial charge >= 0.3 is 0 Å². The minimum absolute atomic E-state index is 0.189. The van der Waals surface area contributed by atoms with E-state index in [9.17, 15) is 19.7 Å². The maximum Gasteiger partial charge on any atom is 0.293 e. The van der Waals surface area contributed by atoms with Crippen molar-refractivity contribution in [3.63, 3.8) is 0 Å². The summed E-state index contributed by atoms with van der Waals surface area (Å²) < 4.78 is 4.91. The Kier molecular flexibility index (Phi) is 7.05. The van der Waals surface area contributed by atoms with Gasteiger partial charge < -0.3 is 20.7 Å². The van der Waals surface area contributed by atoms with Crippen LogP contribution >= 0.6 is 0 Å². The number of carbonyl (C=O) groups excluding carboxylic acids is 2. The molecule has 0 bridgehead atoms. The fourth-order valence-electron chi connectivity index (χ4n) is 2.64. The van der Waals surface area contributed by atoms with Gasteiger partial charge in [-0.3, -0.25) is 19.7 Å². The highest BCUT2D eigenvalue weighted by Gasteiger charge is 2.20. The molecular weight excluding hydrogens is 364 g/mol. The molecule has 2 aromatic carbocycles. The molecule has 0 heterocycles. The Balaban J connectivity index is 2.18. The minimum atomic E-state index is -0.553. The van der Waals surface area contributed by atoms with Gasteiger partial charge in [0.25, 0.3) is 11.6 Å². The predicted molar refractivity (Wildman–Crippen MR) is 104 cm³/mol. The van der Waals surface area contributed by atoms with Gasteiger partial charge in [0.15, 0.2) is 0 Å². The fourth-order valence-corrected chi connectivity index (χ4v) is 2.64. The number of carbonyl (C=O) groups is 2. The first-order chi connectivity index (χ1) is 13.3. The highest BCUT2D eigenvalue weighted by molar-refractivity contribution is 5.96. The normalized spacial score (nSPS) is 10.4. The molecule has 2 aromatic rings. The van der Waals surface area contributed by atoms with Crippen LogP contribution in [0, 0.1) is 10.1 Å². The van der Waals surface area contributed by atoms with Gasteiger partial charge in [0.05, 0.1) is 11.5 Å². The molecule has 28 heavy (non-hydrogen) atoms. The number of methoxy groups -OCH3 is 1. The van der Waals surface area contributed by atoms with Gasteiger partial charge in [0.1, 0.15) is 5.69 Å². The summed E-state index contributed by atoms with van der Waals surface area (Å²) >= 11 is 0. The van der Waals surface area contributed by atoms with E-state index in [1.165, 1.54) is 30.2 Å². The van der Waals surface area contributed by atoms with Crippen molar-refractivity contribution in [3.8, 4) is 0 Å². The average molecular weight is 386 g/mol. The van der Waals surface area contributed by atoms with Gasteiger partial charge in [0, 0.05) is 44.4 Å². The lowest BCUT2D eigenvalue weighted by Gasteiger charge is -2.18. The van der Waals surface area contributed by atoms with Crippen molar-refractivity contribution in [2.75, 3.05) is 32.6 Å². The Morgan fingerprint density at radius 1 is 1.21 bits per heavy atom. The van der Waals surface area contributed by atoms with E-state index in [0.29, 0.717) is 24.4 Å². The highest BCUT2D eigenvalue weighted by Crippen LogP contribution is 2.26. The number of nitrogens with zero attached hydrogens (tertiary/aromatic N) is 2. The number of rotatable bonds is 9. The fraction of sp³-hybridized carbons (Fsp3) is 0.263. The molecule has 0 spiro atoms. The lowest BCUT2D eigenvalue weighted by molar-refractivity contribution is -0.384. The number of nitro groups is 1. The van der Waals surface area contributed by atoms with E-state index >= 15 is 0 Å². The van der Waals surface area contributed by atoms with E-state index in [2.05, 4.69) is 5.32 Å². The number of nitro benzene ring substituents is 1. The Labute approximate surface area is 162 Å². The standard InChI is InChI=1S/C19H22N4O5/c1-22(12-13-4-3-5-14(10-13)18(20)24)19(25)15-6-7-16(21-8-9-28-2)17(11-15)23(26)27/h3-7,10-11,21H,8-9,12H2,1-2H3,(H2,20,24). The van der Waals surface area contributed by atoms with Crippen molar-refractivity contribution in [2.24, 2.45) is 5.73 Å². The molecule has 9 heteroatoms. The van der Waals surface area contributed by atoms with Crippen LogP contribution in [0.2, 0.25) is 0 Å². The van der Waals surface area contributed by atoms with Crippen LogP contribution in [0.3, 0.4) is 0 Å². The molecule has 2 amide bonds. The molecule has 3 N–H and O–H groups in total. The first-order valence-electron chi connectivity index (χ1n) is 8.49. The second-order valence-electron chi connectivity index (χ2n) is 6.13. The Morgan fingerprint density at radius 3 is 2.61 bits per heavy atom. The number of nitrogens with two attached hydrogens (primary N) is 1. The third-order valence-corrected chi connectivity index (χ3v) is 4.04. The van der Waals surface area contributed by atoms with Crippen LogP contribution in [0.25, 0.3) is 0 Å². The first kappa shape index (κ1) is 20.8. The van der Waals surface area contributed by atoms with Gasteiger partial charge in [-0.2, -0.15) is 0 Å². The maximum absolute atomic E-state index is 12.7. The van der Waals surface area contributed by atoms with Gasteiger partial charge in [0.2, 0.25) is 5.91 Å². The zero-order valence-corrected chi connectivity index (χ0v) is 15.7. The molecule has 148 valence electrons. The van der Waals surface area contributed by atoms with Crippen LogP contribution in [0.4, 0.5) is 11.4 Å². The highest BCUT2D eigenvalue weighted by atomic mass is 16.6. The lowest BCUT2D eigenvalue weighted by Crippen LogP contribution is -2.26. The van der Waals surface area contributed by atoms with Crippen molar-refractivity contribution in [1.29, 1.82) is 0 Å². The summed E-state index contributed by atoms with van der Waals surface area (Å²) in [4.78, 5) is 36.2. The van der Waals surface area contributed by atoms with E-state index in [4.69, 9.17) is 10.5 Å². The summed E-state index contributed by atoms with van der Waals surface area (Å²) in [6.45, 7) is 1.02. The Bertz CT molecular complexity index is 884. The van der Waals surface area contributed by atoms with Crippen molar-refractivity contribution in [3.05, 3.63) is 69.3 Å². The largest absolute Gasteiger partial charge is 0.383 e. The number of amides is 2. The number of nitrogens with one attached hydrogen (secondary N) is 1. The Hall–Kier alpha value is -3.46. The van der Waals surface area contributed by atoms with E-state index in [1.807, 2.05) is 0 Å². The van der Waals surface area contributed by atoms with Gasteiger partial charge in [-0.25, -0.2) is 0 Å². The summed E-state index contributed by atoms with van der Waals surface area (Å²) in [5, 5.41) is 14.3.